The van der Waals surface area contributed by atoms with Crippen molar-refractivity contribution in [2.24, 2.45) is 0 Å². The first kappa shape index (κ1) is 18.1. The van der Waals surface area contributed by atoms with Crippen molar-refractivity contribution in [2.75, 3.05) is 37.0 Å². The number of ether oxygens (including phenoxy) is 2. The van der Waals surface area contributed by atoms with E-state index >= 15 is 0 Å². The van der Waals surface area contributed by atoms with Crippen molar-refractivity contribution in [3.63, 3.8) is 0 Å². The van der Waals surface area contributed by atoms with E-state index < -0.39 is 0 Å². The van der Waals surface area contributed by atoms with Gasteiger partial charge in [-0.25, -0.2) is 0 Å². The normalized spacial score (nSPS) is 14.4. The minimum absolute atomic E-state index is 0.0608. The standard InChI is InChI=1S/C21H26N2O3/c1-25-19-12-6-7-13-20(19)26-16-21(24)22-17-10-4-5-11-18(17)23-14-8-2-3-9-15-23/h4-7,10-13H,2-3,8-9,14-16H2,1H3,(H,22,24). The zero-order valence-electron chi connectivity index (χ0n) is 15.2. The van der Waals surface area contributed by atoms with E-state index in [0.29, 0.717) is 11.5 Å². The monoisotopic (exact) mass is 354 g/mol. The zero-order valence-corrected chi connectivity index (χ0v) is 15.2. The molecule has 138 valence electrons. The van der Waals surface area contributed by atoms with Crippen LogP contribution in [-0.4, -0.2) is 32.7 Å². The smallest absolute Gasteiger partial charge is 0.262 e. The van der Waals surface area contributed by atoms with Gasteiger partial charge in [0.05, 0.1) is 18.5 Å². The van der Waals surface area contributed by atoms with Crippen LogP contribution in [-0.2, 0) is 4.79 Å². The summed E-state index contributed by atoms with van der Waals surface area (Å²) in [7, 11) is 1.58. The van der Waals surface area contributed by atoms with Crippen LogP contribution in [0.2, 0.25) is 0 Å². The summed E-state index contributed by atoms with van der Waals surface area (Å²) < 4.78 is 10.9. The molecule has 1 aliphatic rings. The highest BCUT2D eigenvalue weighted by Crippen LogP contribution is 2.28. The van der Waals surface area contributed by atoms with Gasteiger partial charge in [0.25, 0.3) is 5.91 Å². The van der Waals surface area contributed by atoms with Crippen LogP contribution in [0.25, 0.3) is 0 Å². The Bertz CT molecular complexity index is 725. The summed E-state index contributed by atoms with van der Waals surface area (Å²) >= 11 is 0. The molecule has 0 aromatic heterocycles. The van der Waals surface area contributed by atoms with Gasteiger partial charge in [-0.2, -0.15) is 0 Å². The Labute approximate surface area is 154 Å². The highest BCUT2D eigenvalue weighted by molar-refractivity contribution is 5.95. The minimum atomic E-state index is -0.182. The van der Waals surface area contributed by atoms with Crippen LogP contribution in [0.3, 0.4) is 0 Å². The topological polar surface area (TPSA) is 50.8 Å². The van der Waals surface area contributed by atoms with Crippen LogP contribution in [0, 0.1) is 0 Å². The molecule has 0 unspecified atom stereocenters. The quantitative estimate of drug-likeness (QED) is 0.849. The fourth-order valence-electron chi connectivity index (χ4n) is 3.23. The van der Waals surface area contributed by atoms with Gasteiger partial charge in [0.15, 0.2) is 18.1 Å². The van der Waals surface area contributed by atoms with Crippen molar-refractivity contribution in [3.05, 3.63) is 48.5 Å². The number of carbonyl (C=O) groups is 1. The third kappa shape index (κ3) is 4.69. The van der Waals surface area contributed by atoms with Gasteiger partial charge in [0, 0.05) is 13.1 Å². The van der Waals surface area contributed by atoms with E-state index in [-0.39, 0.29) is 12.5 Å². The Morgan fingerprint density at radius 3 is 2.35 bits per heavy atom. The van der Waals surface area contributed by atoms with E-state index in [0.717, 1.165) is 24.5 Å². The number of nitrogens with one attached hydrogen (secondary N) is 1. The zero-order chi connectivity index (χ0) is 18.2. The molecule has 0 spiro atoms. The largest absolute Gasteiger partial charge is 0.493 e. The molecule has 2 aromatic rings. The Balaban J connectivity index is 1.64. The third-order valence-corrected chi connectivity index (χ3v) is 4.55. The van der Waals surface area contributed by atoms with Crippen molar-refractivity contribution in [1.82, 2.24) is 0 Å². The average molecular weight is 354 g/mol. The number of amides is 1. The summed E-state index contributed by atoms with van der Waals surface area (Å²) in [4.78, 5) is 14.8. The molecule has 3 rings (SSSR count). The number of hydrogen-bond donors (Lipinski definition) is 1. The van der Waals surface area contributed by atoms with Crippen molar-refractivity contribution in [1.29, 1.82) is 0 Å². The lowest BCUT2D eigenvalue weighted by Gasteiger charge is -2.25. The summed E-state index contributed by atoms with van der Waals surface area (Å²) in [6, 6.07) is 15.3. The van der Waals surface area contributed by atoms with E-state index in [4.69, 9.17) is 9.47 Å². The molecule has 26 heavy (non-hydrogen) atoms. The van der Waals surface area contributed by atoms with Gasteiger partial charge in [-0.15, -0.1) is 0 Å². The molecule has 1 saturated heterocycles. The number of benzene rings is 2. The maximum absolute atomic E-state index is 12.4. The molecular weight excluding hydrogens is 328 g/mol. The van der Waals surface area contributed by atoms with E-state index in [1.165, 1.54) is 25.7 Å². The molecule has 1 amide bonds. The Hall–Kier alpha value is -2.69. The lowest BCUT2D eigenvalue weighted by Crippen LogP contribution is -2.27. The van der Waals surface area contributed by atoms with Crippen molar-refractivity contribution in [3.8, 4) is 11.5 Å². The number of nitrogens with zero attached hydrogens (tertiary/aromatic N) is 1. The molecule has 2 aromatic carbocycles. The molecule has 5 heteroatoms. The molecule has 0 radical (unpaired) electrons. The van der Waals surface area contributed by atoms with Crippen molar-refractivity contribution >= 4 is 17.3 Å². The molecule has 0 saturated carbocycles. The molecule has 1 fully saturated rings. The van der Waals surface area contributed by atoms with Gasteiger partial charge >= 0.3 is 0 Å². The Kier molecular flexibility index (Phi) is 6.36. The average Bonchev–Trinajstić information content (AvgIpc) is 2.96. The van der Waals surface area contributed by atoms with Gasteiger partial charge in [0.2, 0.25) is 0 Å². The first-order chi connectivity index (χ1) is 12.8. The lowest BCUT2D eigenvalue weighted by molar-refractivity contribution is -0.118. The van der Waals surface area contributed by atoms with Gasteiger partial charge < -0.3 is 19.7 Å². The first-order valence-corrected chi connectivity index (χ1v) is 9.17. The minimum Gasteiger partial charge on any atom is -0.493 e. The predicted octanol–water partition coefficient (Wildman–Crippen LogP) is 4.09. The summed E-state index contributed by atoms with van der Waals surface area (Å²) in [5.41, 5.74) is 1.92. The maximum atomic E-state index is 12.4. The molecule has 5 nitrogen and oxygen atoms in total. The van der Waals surface area contributed by atoms with Gasteiger partial charge in [-0.05, 0) is 37.1 Å². The Morgan fingerprint density at radius 2 is 1.62 bits per heavy atom. The second-order valence-corrected chi connectivity index (χ2v) is 6.41. The van der Waals surface area contributed by atoms with Gasteiger partial charge in [-0.1, -0.05) is 37.1 Å². The summed E-state index contributed by atoms with van der Waals surface area (Å²) in [5, 5.41) is 2.99. The summed E-state index contributed by atoms with van der Waals surface area (Å²) in [6.07, 6.45) is 4.94. The fourth-order valence-corrected chi connectivity index (χ4v) is 3.23. The third-order valence-electron chi connectivity index (χ3n) is 4.55. The van der Waals surface area contributed by atoms with Crippen LogP contribution in [0.1, 0.15) is 25.7 Å². The predicted molar refractivity (Wildman–Crippen MR) is 104 cm³/mol. The molecular formula is C21H26N2O3. The highest BCUT2D eigenvalue weighted by atomic mass is 16.5. The van der Waals surface area contributed by atoms with Crippen LogP contribution >= 0.6 is 0 Å². The van der Waals surface area contributed by atoms with Crippen molar-refractivity contribution < 1.29 is 14.3 Å². The van der Waals surface area contributed by atoms with Crippen LogP contribution in [0.5, 0.6) is 11.5 Å². The fraction of sp³-hybridized carbons (Fsp3) is 0.381. The SMILES string of the molecule is COc1ccccc1OCC(=O)Nc1ccccc1N1CCCCCC1. The number of hydrogen-bond acceptors (Lipinski definition) is 4. The number of anilines is 2. The van der Waals surface area contributed by atoms with Gasteiger partial charge in [0.1, 0.15) is 0 Å². The Morgan fingerprint density at radius 1 is 0.962 bits per heavy atom. The molecule has 0 bridgehead atoms. The molecule has 1 aliphatic heterocycles. The highest BCUT2D eigenvalue weighted by Gasteiger charge is 2.15. The van der Waals surface area contributed by atoms with E-state index in [1.807, 2.05) is 36.4 Å². The van der Waals surface area contributed by atoms with E-state index in [1.54, 1.807) is 13.2 Å². The molecule has 1 N–H and O–H groups in total. The van der Waals surface area contributed by atoms with Gasteiger partial charge in [-0.3, -0.25) is 4.79 Å². The van der Waals surface area contributed by atoms with E-state index in [2.05, 4.69) is 16.3 Å². The van der Waals surface area contributed by atoms with Crippen LogP contribution in [0.4, 0.5) is 11.4 Å². The number of rotatable bonds is 6. The molecule has 1 heterocycles. The summed E-state index contributed by atoms with van der Waals surface area (Å²) in [6.45, 7) is 2.00. The molecule has 0 aliphatic carbocycles. The second-order valence-electron chi connectivity index (χ2n) is 6.41. The second kappa shape index (κ2) is 9.13. The number of methoxy groups -OCH3 is 1. The number of para-hydroxylation sites is 4. The van der Waals surface area contributed by atoms with Crippen molar-refractivity contribution in [2.45, 2.75) is 25.7 Å². The molecule has 0 atom stereocenters. The first-order valence-electron chi connectivity index (χ1n) is 9.17. The number of carbonyl (C=O) groups excluding carboxylic acids is 1. The summed E-state index contributed by atoms with van der Waals surface area (Å²) in [5.74, 6) is 0.995. The van der Waals surface area contributed by atoms with Crippen LogP contribution < -0.4 is 19.7 Å². The maximum Gasteiger partial charge on any atom is 0.262 e. The lowest BCUT2D eigenvalue weighted by atomic mass is 10.2. The van der Waals surface area contributed by atoms with E-state index in [9.17, 15) is 4.79 Å². The van der Waals surface area contributed by atoms with Crippen LogP contribution in [0.15, 0.2) is 48.5 Å².